The number of rotatable bonds is 5. The summed E-state index contributed by atoms with van der Waals surface area (Å²) in [6, 6.07) is 16.8. The number of benzene rings is 2. The monoisotopic (exact) mass is 303 g/mol. The van der Waals surface area contributed by atoms with Crippen LogP contribution in [0.15, 0.2) is 54.6 Å². The molecule has 0 atom stereocenters. The summed E-state index contributed by atoms with van der Waals surface area (Å²) in [5, 5.41) is 6.32. The molecular weight excluding hydrogens is 286 g/mol. The van der Waals surface area contributed by atoms with E-state index in [0.717, 1.165) is 11.4 Å². The molecule has 0 heterocycles. The molecule has 2 N–H and O–H groups in total. The Bertz CT molecular complexity index is 572. The SMILES string of the molecule is CN(CCNC(=O)Nc1ccccc1)c1ccc(Cl)cc1. The van der Waals surface area contributed by atoms with Crippen LogP contribution in [0.25, 0.3) is 0 Å². The summed E-state index contributed by atoms with van der Waals surface area (Å²) in [6.45, 7) is 1.27. The summed E-state index contributed by atoms with van der Waals surface area (Å²) in [6.07, 6.45) is 0. The van der Waals surface area contributed by atoms with Gasteiger partial charge < -0.3 is 15.5 Å². The second-order valence-electron chi connectivity index (χ2n) is 4.64. The largest absolute Gasteiger partial charge is 0.373 e. The van der Waals surface area contributed by atoms with Crippen LogP contribution in [0, 0.1) is 0 Å². The highest BCUT2D eigenvalue weighted by atomic mass is 35.5. The Morgan fingerprint density at radius 1 is 1.10 bits per heavy atom. The van der Waals surface area contributed by atoms with Gasteiger partial charge in [0.15, 0.2) is 0 Å². The van der Waals surface area contributed by atoms with Gasteiger partial charge in [-0.3, -0.25) is 0 Å². The molecule has 2 amide bonds. The molecule has 0 aliphatic carbocycles. The highest BCUT2D eigenvalue weighted by Crippen LogP contribution is 2.16. The zero-order chi connectivity index (χ0) is 15.1. The van der Waals surface area contributed by atoms with Crippen LogP contribution in [-0.4, -0.2) is 26.2 Å². The Morgan fingerprint density at radius 3 is 2.43 bits per heavy atom. The van der Waals surface area contributed by atoms with Crippen molar-refractivity contribution < 1.29 is 4.79 Å². The topological polar surface area (TPSA) is 44.4 Å². The van der Waals surface area contributed by atoms with Crippen molar-refractivity contribution in [2.45, 2.75) is 0 Å². The van der Waals surface area contributed by atoms with E-state index >= 15 is 0 Å². The Morgan fingerprint density at radius 2 is 1.76 bits per heavy atom. The normalized spacial score (nSPS) is 10.0. The Labute approximate surface area is 129 Å². The summed E-state index contributed by atoms with van der Waals surface area (Å²) in [5.41, 5.74) is 1.84. The number of likely N-dealkylation sites (N-methyl/N-ethyl adjacent to an activating group) is 1. The summed E-state index contributed by atoms with van der Waals surface area (Å²) in [7, 11) is 1.97. The molecule has 2 aromatic carbocycles. The molecule has 110 valence electrons. The van der Waals surface area contributed by atoms with Crippen molar-refractivity contribution in [3.63, 3.8) is 0 Å². The zero-order valence-electron chi connectivity index (χ0n) is 11.8. The number of urea groups is 1. The number of anilines is 2. The van der Waals surface area contributed by atoms with Crippen molar-refractivity contribution in [1.29, 1.82) is 0 Å². The summed E-state index contributed by atoms with van der Waals surface area (Å²) in [5.74, 6) is 0. The Balaban J connectivity index is 1.73. The molecule has 0 fully saturated rings. The van der Waals surface area contributed by atoms with E-state index in [4.69, 9.17) is 11.6 Å². The molecule has 4 nitrogen and oxygen atoms in total. The standard InChI is InChI=1S/C16H18ClN3O/c1-20(15-9-7-13(17)8-10-15)12-11-18-16(21)19-14-5-3-2-4-6-14/h2-10H,11-12H2,1H3,(H2,18,19,21). The third-order valence-electron chi connectivity index (χ3n) is 3.03. The van der Waals surface area contributed by atoms with E-state index in [1.165, 1.54) is 0 Å². The first-order valence-electron chi connectivity index (χ1n) is 6.72. The number of hydrogen-bond donors (Lipinski definition) is 2. The number of carbonyl (C=O) groups is 1. The van der Waals surface area contributed by atoms with Gasteiger partial charge in [-0.25, -0.2) is 4.79 Å². The molecule has 0 saturated carbocycles. The van der Waals surface area contributed by atoms with Crippen LogP contribution in [0.2, 0.25) is 5.02 Å². The summed E-state index contributed by atoms with van der Waals surface area (Å²) in [4.78, 5) is 13.8. The lowest BCUT2D eigenvalue weighted by atomic mass is 10.3. The lowest BCUT2D eigenvalue weighted by molar-refractivity contribution is 0.252. The van der Waals surface area contributed by atoms with Crippen LogP contribution in [0.5, 0.6) is 0 Å². The maximum absolute atomic E-state index is 11.7. The van der Waals surface area contributed by atoms with Gasteiger partial charge in [-0.15, -0.1) is 0 Å². The Kier molecular flexibility index (Phi) is 5.46. The van der Waals surface area contributed by atoms with Crippen molar-refractivity contribution in [2.24, 2.45) is 0 Å². The zero-order valence-corrected chi connectivity index (χ0v) is 12.6. The fourth-order valence-electron chi connectivity index (χ4n) is 1.86. The highest BCUT2D eigenvalue weighted by molar-refractivity contribution is 6.30. The van der Waals surface area contributed by atoms with Crippen LogP contribution >= 0.6 is 11.6 Å². The maximum atomic E-state index is 11.7. The van der Waals surface area contributed by atoms with E-state index in [1.54, 1.807) is 0 Å². The van der Waals surface area contributed by atoms with Gasteiger partial charge in [-0.05, 0) is 36.4 Å². The second-order valence-corrected chi connectivity index (χ2v) is 5.08. The molecule has 0 bridgehead atoms. The molecule has 0 aliphatic heterocycles. The predicted octanol–water partition coefficient (Wildman–Crippen LogP) is 3.60. The molecule has 2 rings (SSSR count). The smallest absolute Gasteiger partial charge is 0.319 e. The molecule has 0 radical (unpaired) electrons. The molecule has 0 aliphatic rings. The quantitative estimate of drug-likeness (QED) is 0.886. The summed E-state index contributed by atoms with van der Waals surface area (Å²) >= 11 is 5.86. The van der Waals surface area contributed by atoms with E-state index < -0.39 is 0 Å². The lowest BCUT2D eigenvalue weighted by Gasteiger charge is -2.19. The maximum Gasteiger partial charge on any atom is 0.319 e. The van der Waals surface area contributed by atoms with Gasteiger partial charge in [-0.2, -0.15) is 0 Å². The van der Waals surface area contributed by atoms with Crippen molar-refractivity contribution >= 4 is 29.0 Å². The van der Waals surface area contributed by atoms with Crippen LogP contribution in [0.4, 0.5) is 16.2 Å². The first-order valence-corrected chi connectivity index (χ1v) is 7.09. The minimum Gasteiger partial charge on any atom is -0.373 e. The van der Waals surface area contributed by atoms with E-state index in [2.05, 4.69) is 15.5 Å². The molecule has 0 saturated heterocycles. The highest BCUT2D eigenvalue weighted by Gasteiger charge is 2.03. The second kappa shape index (κ2) is 7.55. The van der Waals surface area contributed by atoms with Crippen molar-refractivity contribution in [3.05, 3.63) is 59.6 Å². The van der Waals surface area contributed by atoms with Gasteiger partial charge >= 0.3 is 6.03 Å². The van der Waals surface area contributed by atoms with Gasteiger partial charge in [0, 0.05) is 36.5 Å². The van der Waals surface area contributed by atoms with Crippen LogP contribution in [0.3, 0.4) is 0 Å². The van der Waals surface area contributed by atoms with Gasteiger partial charge in [0.1, 0.15) is 0 Å². The third-order valence-corrected chi connectivity index (χ3v) is 3.28. The van der Waals surface area contributed by atoms with E-state index in [0.29, 0.717) is 18.1 Å². The Hall–Kier alpha value is -2.20. The van der Waals surface area contributed by atoms with Gasteiger partial charge in [0.25, 0.3) is 0 Å². The van der Waals surface area contributed by atoms with E-state index in [9.17, 15) is 4.79 Å². The van der Waals surface area contributed by atoms with Crippen LogP contribution in [-0.2, 0) is 0 Å². The first kappa shape index (κ1) is 15.2. The first-order chi connectivity index (χ1) is 10.1. The van der Waals surface area contributed by atoms with Gasteiger partial charge in [0.2, 0.25) is 0 Å². The predicted molar refractivity (Wildman–Crippen MR) is 88.2 cm³/mol. The number of hydrogen-bond acceptors (Lipinski definition) is 2. The third kappa shape index (κ3) is 5.00. The number of amides is 2. The number of para-hydroxylation sites is 1. The average molecular weight is 304 g/mol. The fraction of sp³-hybridized carbons (Fsp3) is 0.188. The molecule has 5 heteroatoms. The van der Waals surface area contributed by atoms with Gasteiger partial charge in [-0.1, -0.05) is 29.8 Å². The van der Waals surface area contributed by atoms with Crippen molar-refractivity contribution in [2.75, 3.05) is 30.4 Å². The molecule has 0 aromatic heterocycles. The molecule has 0 spiro atoms. The lowest BCUT2D eigenvalue weighted by Crippen LogP contribution is -2.35. The van der Waals surface area contributed by atoms with Crippen molar-refractivity contribution in [1.82, 2.24) is 5.32 Å². The molecular formula is C16H18ClN3O. The van der Waals surface area contributed by atoms with Crippen LogP contribution in [0.1, 0.15) is 0 Å². The average Bonchev–Trinajstić information content (AvgIpc) is 2.49. The number of carbonyl (C=O) groups excluding carboxylic acids is 1. The molecule has 21 heavy (non-hydrogen) atoms. The minimum absolute atomic E-state index is 0.203. The van der Waals surface area contributed by atoms with E-state index in [1.807, 2.05) is 61.6 Å². The van der Waals surface area contributed by atoms with Crippen LogP contribution < -0.4 is 15.5 Å². The molecule has 2 aromatic rings. The fourth-order valence-corrected chi connectivity index (χ4v) is 1.98. The number of nitrogens with one attached hydrogen (secondary N) is 2. The minimum atomic E-state index is -0.203. The van der Waals surface area contributed by atoms with E-state index in [-0.39, 0.29) is 6.03 Å². The van der Waals surface area contributed by atoms with Crippen molar-refractivity contribution in [3.8, 4) is 0 Å². The number of nitrogens with zero attached hydrogens (tertiary/aromatic N) is 1. The summed E-state index contributed by atoms with van der Waals surface area (Å²) < 4.78 is 0. The molecule has 0 unspecified atom stereocenters. The number of halogens is 1. The van der Waals surface area contributed by atoms with Gasteiger partial charge in [0.05, 0.1) is 0 Å².